The summed E-state index contributed by atoms with van der Waals surface area (Å²) in [5.74, 6) is 1.50. The topological polar surface area (TPSA) is 42.2 Å². The number of allylic oxidation sites excluding steroid dienone is 1. The number of hydrogen-bond donors (Lipinski definition) is 0. The summed E-state index contributed by atoms with van der Waals surface area (Å²) >= 11 is 0. The van der Waals surface area contributed by atoms with Crippen LogP contribution in [0.2, 0.25) is 0 Å². The van der Waals surface area contributed by atoms with E-state index in [1.807, 2.05) is 6.92 Å². The molecule has 0 bridgehead atoms. The SMILES string of the molecule is CC(C)=CCN1CCCC1c1noc(C)n1. The first-order valence-electron chi connectivity index (χ1n) is 5.84. The molecule has 0 amide bonds. The Balaban J connectivity index is 2.06. The average molecular weight is 221 g/mol. The minimum atomic E-state index is 0.341. The Bertz CT molecular complexity index is 379. The van der Waals surface area contributed by atoms with Crippen LogP contribution in [0.4, 0.5) is 0 Å². The molecule has 1 fully saturated rings. The maximum Gasteiger partial charge on any atom is 0.223 e. The van der Waals surface area contributed by atoms with Gasteiger partial charge >= 0.3 is 0 Å². The standard InChI is InChI=1S/C12H19N3O/c1-9(2)6-8-15-7-4-5-11(15)12-13-10(3)16-14-12/h6,11H,4-5,7-8H2,1-3H3. The van der Waals surface area contributed by atoms with E-state index in [0.29, 0.717) is 11.9 Å². The molecule has 0 aliphatic carbocycles. The Morgan fingerprint density at radius 2 is 2.38 bits per heavy atom. The third-order valence-corrected chi connectivity index (χ3v) is 2.94. The molecule has 0 saturated carbocycles. The highest BCUT2D eigenvalue weighted by Gasteiger charge is 2.28. The second kappa shape index (κ2) is 4.78. The van der Waals surface area contributed by atoms with Crippen molar-refractivity contribution < 1.29 is 4.52 Å². The predicted molar refractivity (Wildman–Crippen MR) is 62.0 cm³/mol. The molecule has 0 N–H and O–H groups in total. The molecule has 4 heteroatoms. The summed E-state index contributed by atoms with van der Waals surface area (Å²) < 4.78 is 5.05. The maximum absolute atomic E-state index is 5.05. The van der Waals surface area contributed by atoms with Crippen LogP contribution in [-0.2, 0) is 0 Å². The Morgan fingerprint density at radius 3 is 3.00 bits per heavy atom. The highest BCUT2D eigenvalue weighted by atomic mass is 16.5. The lowest BCUT2D eigenvalue weighted by Crippen LogP contribution is -2.24. The summed E-state index contributed by atoms with van der Waals surface area (Å²) in [5, 5.41) is 4.03. The summed E-state index contributed by atoms with van der Waals surface area (Å²) in [5.41, 5.74) is 1.36. The fourth-order valence-electron chi connectivity index (χ4n) is 2.09. The van der Waals surface area contributed by atoms with E-state index in [4.69, 9.17) is 4.52 Å². The lowest BCUT2D eigenvalue weighted by Gasteiger charge is -2.19. The Labute approximate surface area is 96.3 Å². The lowest BCUT2D eigenvalue weighted by atomic mass is 10.2. The number of likely N-dealkylation sites (tertiary alicyclic amines) is 1. The van der Waals surface area contributed by atoms with Crippen LogP contribution in [0.1, 0.15) is 44.4 Å². The van der Waals surface area contributed by atoms with Crippen LogP contribution in [0.5, 0.6) is 0 Å². The van der Waals surface area contributed by atoms with Crippen LogP contribution < -0.4 is 0 Å². The second-order valence-corrected chi connectivity index (χ2v) is 4.61. The molecule has 1 aliphatic heterocycles. The van der Waals surface area contributed by atoms with Crippen LogP contribution in [-0.4, -0.2) is 28.1 Å². The molecule has 1 atom stereocenters. The average Bonchev–Trinajstić information content (AvgIpc) is 2.82. The third kappa shape index (κ3) is 2.50. The van der Waals surface area contributed by atoms with Gasteiger partial charge in [0, 0.05) is 13.5 Å². The Morgan fingerprint density at radius 1 is 1.56 bits per heavy atom. The van der Waals surface area contributed by atoms with Crippen molar-refractivity contribution in [2.75, 3.05) is 13.1 Å². The van der Waals surface area contributed by atoms with Gasteiger partial charge in [-0.15, -0.1) is 0 Å². The number of aryl methyl sites for hydroxylation is 1. The molecule has 4 nitrogen and oxygen atoms in total. The molecule has 0 spiro atoms. The predicted octanol–water partition coefficient (Wildman–Crippen LogP) is 2.48. The molecule has 1 aliphatic rings. The zero-order valence-electron chi connectivity index (χ0n) is 10.2. The van der Waals surface area contributed by atoms with Gasteiger partial charge < -0.3 is 4.52 Å². The monoisotopic (exact) mass is 221 g/mol. The van der Waals surface area contributed by atoms with E-state index >= 15 is 0 Å². The van der Waals surface area contributed by atoms with E-state index < -0.39 is 0 Å². The van der Waals surface area contributed by atoms with E-state index in [1.165, 1.54) is 12.0 Å². The number of nitrogens with zero attached hydrogens (tertiary/aromatic N) is 3. The molecule has 2 rings (SSSR count). The van der Waals surface area contributed by atoms with Crippen molar-refractivity contribution in [3.8, 4) is 0 Å². The van der Waals surface area contributed by atoms with Crippen molar-refractivity contribution in [2.24, 2.45) is 0 Å². The minimum Gasteiger partial charge on any atom is -0.340 e. The van der Waals surface area contributed by atoms with Crippen molar-refractivity contribution in [3.05, 3.63) is 23.4 Å². The zero-order valence-corrected chi connectivity index (χ0v) is 10.2. The first kappa shape index (κ1) is 11.3. The van der Waals surface area contributed by atoms with Crippen molar-refractivity contribution in [2.45, 2.75) is 39.7 Å². The highest BCUT2D eigenvalue weighted by Crippen LogP contribution is 2.29. The van der Waals surface area contributed by atoms with Crippen LogP contribution in [0.15, 0.2) is 16.2 Å². The molecule has 1 saturated heterocycles. The molecular weight excluding hydrogens is 202 g/mol. The van der Waals surface area contributed by atoms with E-state index in [0.717, 1.165) is 25.3 Å². The van der Waals surface area contributed by atoms with Gasteiger partial charge in [0.1, 0.15) is 0 Å². The van der Waals surface area contributed by atoms with Gasteiger partial charge in [-0.25, -0.2) is 0 Å². The van der Waals surface area contributed by atoms with Crippen LogP contribution in [0.25, 0.3) is 0 Å². The Hall–Kier alpha value is -1.16. The minimum absolute atomic E-state index is 0.341. The molecule has 0 radical (unpaired) electrons. The Kier molecular flexibility index (Phi) is 3.39. The van der Waals surface area contributed by atoms with Gasteiger partial charge in [-0.2, -0.15) is 4.98 Å². The summed E-state index contributed by atoms with van der Waals surface area (Å²) in [4.78, 5) is 6.74. The van der Waals surface area contributed by atoms with Gasteiger partial charge in [0.05, 0.1) is 6.04 Å². The van der Waals surface area contributed by atoms with Gasteiger partial charge in [0.2, 0.25) is 5.89 Å². The van der Waals surface area contributed by atoms with E-state index in [9.17, 15) is 0 Å². The highest BCUT2D eigenvalue weighted by molar-refractivity contribution is 5.01. The fourth-order valence-corrected chi connectivity index (χ4v) is 2.09. The van der Waals surface area contributed by atoms with Crippen molar-refractivity contribution in [1.82, 2.24) is 15.0 Å². The summed E-state index contributed by atoms with van der Waals surface area (Å²) in [6.07, 6.45) is 4.61. The molecule has 1 aromatic heterocycles. The number of rotatable bonds is 3. The van der Waals surface area contributed by atoms with E-state index in [2.05, 4.69) is 35.0 Å². The van der Waals surface area contributed by atoms with E-state index in [-0.39, 0.29) is 0 Å². The first-order valence-corrected chi connectivity index (χ1v) is 5.84. The fraction of sp³-hybridized carbons (Fsp3) is 0.667. The molecule has 16 heavy (non-hydrogen) atoms. The smallest absolute Gasteiger partial charge is 0.223 e. The molecule has 2 heterocycles. The third-order valence-electron chi connectivity index (χ3n) is 2.94. The van der Waals surface area contributed by atoms with Crippen LogP contribution >= 0.6 is 0 Å². The summed E-state index contributed by atoms with van der Waals surface area (Å²) in [6, 6.07) is 0.341. The summed E-state index contributed by atoms with van der Waals surface area (Å²) in [7, 11) is 0. The van der Waals surface area contributed by atoms with Gasteiger partial charge in [0.25, 0.3) is 0 Å². The quantitative estimate of drug-likeness (QED) is 0.735. The second-order valence-electron chi connectivity index (χ2n) is 4.61. The van der Waals surface area contributed by atoms with Crippen molar-refractivity contribution in [1.29, 1.82) is 0 Å². The van der Waals surface area contributed by atoms with E-state index in [1.54, 1.807) is 0 Å². The first-order chi connectivity index (χ1) is 7.66. The summed E-state index contributed by atoms with van der Waals surface area (Å²) in [6.45, 7) is 8.21. The van der Waals surface area contributed by atoms with Crippen molar-refractivity contribution >= 4 is 0 Å². The van der Waals surface area contributed by atoms with Gasteiger partial charge in [-0.3, -0.25) is 4.90 Å². The van der Waals surface area contributed by atoms with Gasteiger partial charge in [-0.1, -0.05) is 16.8 Å². The molecule has 88 valence electrons. The molecule has 1 aromatic rings. The van der Waals surface area contributed by atoms with Crippen molar-refractivity contribution in [3.63, 3.8) is 0 Å². The molecule has 0 aromatic carbocycles. The van der Waals surface area contributed by atoms with Gasteiger partial charge in [0.15, 0.2) is 5.82 Å². The maximum atomic E-state index is 5.05. The molecule has 1 unspecified atom stereocenters. The number of aromatic nitrogens is 2. The number of hydrogen-bond acceptors (Lipinski definition) is 4. The zero-order chi connectivity index (χ0) is 11.5. The lowest BCUT2D eigenvalue weighted by molar-refractivity contribution is 0.266. The van der Waals surface area contributed by atoms with Crippen LogP contribution in [0, 0.1) is 6.92 Å². The van der Waals surface area contributed by atoms with Gasteiger partial charge in [-0.05, 0) is 33.2 Å². The normalized spacial score (nSPS) is 21.3. The molecular formula is C12H19N3O. The van der Waals surface area contributed by atoms with Crippen LogP contribution in [0.3, 0.4) is 0 Å². The largest absolute Gasteiger partial charge is 0.340 e.